The first-order valence-electron chi connectivity index (χ1n) is 6.07. The van der Waals surface area contributed by atoms with Crippen molar-refractivity contribution in [1.29, 1.82) is 0 Å². The van der Waals surface area contributed by atoms with E-state index in [0.717, 1.165) is 17.1 Å². The van der Waals surface area contributed by atoms with Gasteiger partial charge in [-0.3, -0.25) is 0 Å². The van der Waals surface area contributed by atoms with Crippen LogP contribution in [0.5, 0.6) is 0 Å². The molecule has 2 heterocycles. The van der Waals surface area contributed by atoms with Gasteiger partial charge < -0.3 is 8.83 Å². The second-order valence-corrected chi connectivity index (χ2v) is 4.10. The maximum Gasteiger partial charge on any atom is 0.136 e. The molecule has 0 radical (unpaired) electrons. The van der Waals surface area contributed by atoms with Crippen molar-refractivity contribution in [2.45, 2.75) is 5.92 Å². The predicted molar refractivity (Wildman–Crippen MR) is 72.6 cm³/mol. The summed E-state index contributed by atoms with van der Waals surface area (Å²) < 4.78 is 10.9. The highest BCUT2D eigenvalue weighted by Crippen LogP contribution is 2.24. The van der Waals surface area contributed by atoms with Crippen molar-refractivity contribution < 1.29 is 8.83 Å². The molecule has 0 aliphatic heterocycles. The monoisotopic (exact) mass is 248 g/mol. The van der Waals surface area contributed by atoms with E-state index in [1.807, 2.05) is 54.6 Å². The molecule has 0 fully saturated rings. The highest BCUT2D eigenvalue weighted by molar-refractivity contribution is 5.39. The number of furan rings is 2. The van der Waals surface area contributed by atoms with Crippen LogP contribution in [0.4, 0.5) is 0 Å². The molecule has 0 amide bonds. The van der Waals surface area contributed by atoms with E-state index in [-0.39, 0.29) is 5.92 Å². The Morgan fingerprint density at radius 3 is 1.89 bits per heavy atom. The van der Waals surface area contributed by atoms with E-state index in [4.69, 9.17) is 8.83 Å². The molecule has 2 nitrogen and oxygen atoms in total. The molecule has 1 aromatic carbocycles. The summed E-state index contributed by atoms with van der Waals surface area (Å²) in [5.41, 5.74) is 0.977. The quantitative estimate of drug-likeness (QED) is 0.639. The van der Waals surface area contributed by atoms with Gasteiger partial charge in [0, 0.05) is 5.56 Å². The largest absolute Gasteiger partial charge is 0.468 e. The van der Waals surface area contributed by atoms with Gasteiger partial charge in [-0.2, -0.15) is 0 Å². The highest BCUT2D eigenvalue weighted by atomic mass is 16.3. The Balaban J connectivity index is 1.96. The van der Waals surface area contributed by atoms with E-state index in [9.17, 15) is 0 Å². The first-order valence-corrected chi connectivity index (χ1v) is 6.07. The molecule has 0 atom stereocenters. The lowest BCUT2D eigenvalue weighted by Crippen LogP contribution is -1.94. The molecular weight excluding hydrogens is 236 g/mol. The molecule has 0 bridgehead atoms. The lowest BCUT2D eigenvalue weighted by atomic mass is 10.0. The molecule has 2 heteroatoms. The summed E-state index contributed by atoms with van der Waals surface area (Å²) in [6, 6.07) is 17.4. The Bertz CT molecular complexity index is 634. The van der Waals surface area contributed by atoms with Crippen LogP contribution in [0.3, 0.4) is 0 Å². The zero-order chi connectivity index (χ0) is 12.9. The smallest absolute Gasteiger partial charge is 0.136 e. The summed E-state index contributed by atoms with van der Waals surface area (Å²) in [6.45, 7) is 0. The predicted octanol–water partition coefficient (Wildman–Crippen LogP) is 4.06. The van der Waals surface area contributed by atoms with Gasteiger partial charge in [0.2, 0.25) is 0 Å². The van der Waals surface area contributed by atoms with Gasteiger partial charge in [-0.1, -0.05) is 30.0 Å². The average Bonchev–Trinajstić information content (AvgIpc) is 3.13. The minimum atomic E-state index is -0.176. The fourth-order valence-corrected chi connectivity index (χ4v) is 1.87. The first-order chi connectivity index (χ1) is 9.43. The van der Waals surface area contributed by atoms with Crippen LogP contribution < -0.4 is 0 Å². The molecule has 0 N–H and O–H groups in total. The van der Waals surface area contributed by atoms with Crippen LogP contribution in [-0.4, -0.2) is 0 Å². The van der Waals surface area contributed by atoms with E-state index in [1.54, 1.807) is 12.5 Å². The van der Waals surface area contributed by atoms with Gasteiger partial charge in [0.15, 0.2) is 0 Å². The Hall–Kier alpha value is -2.66. The first kappa shape index (κ1) is 11.4. The zero-order valence-corrected chi connectivity index (χ0v) is 10.2. The van der Waals surface area contributed by atoms with Crippen molar-refractivity contribution in [2.24, 2.45) is 0 Å². The van der Waals surface area contributed by atoms with E-state index in [2.05, 4.69) is 11.8 Å². The molecule has 0 saturated heterocycles. The van der Waals surface area contributed by atoms with Crippen LogP contribution in [0, 0.1) is 11.8 Å². The second-order valence-electron chi connectivity index (χ2n) is 4.10. The Labute approximate surface area is 111 Å². The summed E-state index contributed by atoms with van der Waals surface area (Å²) >= 11 is 0. The third-order valence-corrected chi connectivity index (χ3v) is 2.79. The SMILES string of the molecule is C(#CC(c1ccco1)c1ccco1)c1ccccc1. The van der Waals surface area contributed by atoms with Crippen molar-refractivity contribution in [1.82, 2.24) is 0 Å². The van der Waals surface area contributed by atoms with Crippen molar-refractivity contribution >= 4 is 0 Å². The van der Waals surface area contributed by atoms with Crippen LogP contribution in [0.2, 0.25) is 0 Å². The lowest BCUT2D eigenvalue weighted by molar-refractivity contribution is 0.458. The minimum absolute atomic E-state index is 0.176. The van der Waals surface area contributed by atoms with E-state index < -0.39 is 0 Å². The number of benzene rings is 1. The maximum atomic E-state index is 5.45. The minimum Gasteiger partial charge on any atom is -0.468 e. The normalized spacial score (nSPS) is 10.2. The van der Waals surface area contributed by atoms with Crippen molar-refractivity contribution in [3.63, 3.8) is 0 Å². The average molecular weight is 248 g/mol. The van der Waals surface area contributed by atoms with Crippen LogP contribution >= 0.6 is 0 Å². The zero-order valence-electron chi connectivity index (χ0n) is 10.2. The Kier molecular flexibility index (Phi) is 3.20. The topological polar surface area (TPSA) is 26.3 Å². The molecule has 3 rings (SSSR count). The van der Waals surface area contributed by atoms with E-state index >= 15 is 0 Å². The van der Waals surface area contributed by atoms with Crippen molar-refractivity contribution in [3.05, 3.63) is 84.2 Å². The maximum absolute atomic E-state index is 5.45. The third-order valence-electron chi connectivity index (χ3n) is 2.79. The molecule has 0 unspecified atom stereocenters. The van der Waals surface area contributed by atoms with Crippen LogP contribution in [-0.2, 0) is 0 Å². The number of hydrogen-bond donors (Lipinski definition) is 0. The fourth-order valence-electron chi connectivity index (χ4n) is 1.87. The Morgan fingerprint density at radius 1 is 0.737 bits per heavy atom. The summed E-state index contributed by atoms with van der Waals surface area (Å²) in [4.78, 5) is 0. The van der Waals surface area contributed by atoms with Gasteiger partial charge in [0.05, 0.1) is 12.5 Å². The fraction of sp³-hybridized carbons (Fsp3) is 0.0588. The number of rotatable bonds is 2. The summed E-state index contributed by atoms with van der Waals surface area (Å²) in [5.74, 6) is 7.76. The van der Waals surface area contributed by atoms with Gasteiger partial charge in [-0.25, -0.2) is 0 Å². The van der Waals surface area contributed by atoms with E-state index in [1.165, 1.54) is 0 Å². The van der Waals surface area contributed by atoms with Crippen LogP contribution in [0.1, 0.15) is 23.0 Å². The van der Waals surface area contributed by atoms with Gasteiger partial charge >= 0.3 is 0 Å². The molecule has 92 valence electrons. The summed E-state index contributed by atoms with van der Waals surface area (Å²) in [5, 5.41) is 0. The summed E-state index contributed by atoms with van der Waals surface area (Å²) in [6.07, 6.45) is 3.30. The highest BCUT2D eigenvalue weighted by Gasteiger charge is 2.16. The molecular formula is C17H12O2. The third kappa shape index (κ3) is 2.61. The van der Waals surface area contributed by atoms with Gasteiger partial charge in [-0.05, 0) is 36.4 Å². The van der Waals surface area contributed by atoms with Gasteiger partial charge in [0.25, 0.3) is 0 Å². The molecule has 0 saturated carbocycles. The van der Waals surface area contributed by atoms with E-state index in [0.29, 0.717) is 0 Å². The second kappa shape index (κ2) is 5.32. The summed E-state index contributed by atoms with van der Waals surface area (Å²) in [7, 11) is 0. The van der Waals surface area contributed by atoms with Crippen LogP contribution in [0.25, 0.3) is 0 Å². The molecule has 0 aliphatic rings. The molecule has 0 spiro atoms. The van der Waals surface area contributed by atoms with Crippen LogP contribution in [0.15, 0.2) is 76.0 Å². The van der Waals surface area contributed by atoms with Crippen molar-refractivity contribution in [2.75, 3.05) is 0 Å². The van der Waals surface area contributed by atoms with Crippen molar-refractivity contribution in [3.8, 4) is 11.8 Å². The molecule has 3 aromatic rings. The molecule has 2 aromatic heterocycles. The standard InChI is InChI=1S/C17H12O2/c1-2-6-14(7-3-1)10-11-15(16-8-4-12-18-16)17-9-5-13-19-17/h1-9,12-13,15H. The van der Waals surface area contributed by atoms with Gasteiger partial charge in [-0.15, -0.1) is 0 Å². The molecule has 0 aliphatic carbocycles. The Morgan fingerprint density at radius 2 is 1.37 bits per heavy atom. The van der Waals surface area contributed by atoms with Gasteiger partial charge in [0.1, 0.15) is 17.4 Å². The lowest BCUT2D eigenvalue weighted by Gasteiger charge is -2.03. The molecule has 19 heavy (non-hydrogen) atoms. The number of hydrogen-bond acceptors (Lipinski definition) is 2.